The zero-order valence-corrected chi connectivity index (χ0v) is 27.9. The van der Waals surface area contributed by atoms with E-state index in [1.807, 2.05) is 51.1 Å². The molecule has 0 aromatic heterocycles. The van der Waals surface area contributed by atoms with E-state index in [1.165, 1.54) is 17.0 Å². The topological polar surface area (TPSA) is 96.0 Å². The minimum absolute atomic E-state index is 0.0468. The van der Waals surface area contributed by atoms with Crippen LogP contribution in [-0.4, -0.2) is 50.9 Å². The smallest absolute Gasteiger partial charge is 0.264 e. The summed E-state index contributed by atoms with van der Waals surface area (Å²) in [5.74, 6) is -0.278. The van der Waals surface area contributed by atoms with Crippen molar-refractivity contribution in [3.63, 3.8) is 0 Å². The van der Waals surface area contributed by atoms with Crippen molar-refractivity contribution in [2.24, 2.45) is 0 Å². The predicted molar refractivity (Wildman–Crippen MR) is 183 cm³/mol. The van der Waals surface area contributed by atoms with E-state index in [4.69, 9.17) is 16.3 Å². The Bertz CT molecular complexity index is 1680. The van der Waals surface area contributed by atoms with Gasteiger partial charge in [0.2, 0.25) is 11.8 Å². The first-order valence-electron chi connectivity index (χ1n) is 15.3. The summed E-state index contributed by atoms with van der Waals surface area (Å²) >= 11 is 6.15. The van der Waals surface area contributed by atoms with Gasteiger partial charge in [0.25, 0.3) is 10.0 Å². The number of hydrogen-bond acceptors (Lipinski definition) is 5. The van der Waals surface area contributed by atoms with Gasteiger partial charge in [0.05, 0.1) is 17.2 Å². The number of nitrogens with zero attached hydrogens (tertiary/aromatic N) is 2. The van der Waals surface area contributed by atoms with E-state index in [1.54, 1.807) is 60.7 Å². The molecular formula is C36H40ClN3O5S. The van der Waals surface area contributed by atoms with Crippen molar-refractivity contribution in [3.05, 3.63) is 125 Å². The predicted octanol–water partition coefficient (Wildman–Crippen LogP) is 6.41. The average molecular weight is 662 g/mol. The van der Waals surface area contributed by atoms with Crippen LogP contribution in [0.15, 0.2) is 108 Å². The summed E-state index contributed by atoms with van der Waals surface area (Å²) in [4.78, 5) is 29.7. The SMILES string of the molecule is CCCNC(=O)[C@@H](Cc1ccccc1)N(Cc1ccc(Cl)cc1)C(=O)CN(c1ccc(OCC)cc1)S(=O)(=O)c1ccc(C)cc1. The van der Waals surface area contributed by atoms with Gasteiger partial charge in [0.1, 0.15) is 18.3 Å². The number of sulfonamides is 1. The molecule has 0 saturated heterocycles. The molecule has 8 nitrogen and oxygen atoms in total. The van der Waals surface area contributed by atoms with Crippen LogP contribution in [0.3, 0.4) is 0 Å². The molecule has 4 aromatic carbocycles. The molecule has 46 heavy (non-hydrogen) atoms. The van der Waals surface area contributed by atoms with Crippen LogP contribution < -0.4 is 14.4 Å². The quantitative estimate of drug-likeness (QED) is 0.159. The molecule has 0 spiro atoms. The van der Waals surface area contributed by atoms with E-state index >= 15 is 0 Å². The fourth-order valence-corrected chi connectivity index (χ4v) is 6.49. The van der Waals surface area contributed by atoms with Gasteiger partial charge in [0.15, 0.2) is 0 Å². The van der Waals surface area contributed by atoms with E-state index in [0.29, 0.717) is 29.6 Å². The molecule has 0 saturated carbocycles. The number of rotatable bonds is 15. The summed E-state index contributed by atoms with van der Waals surface area (Å²) in [6, 6.07) is 28.6. The lowest BCUT2D eigenvalue weighted by Crippen LogP contribution is -2.53. The third kappa shape index (κ3) is 9.11. The molecule has 0 heterocycles. The zero-order valence-electron chi connectivity index (χ0n) is 26.4. The Morgan fingerprint density at radius 3 is 2.11 bits per heavy atom. The van der Waals surface area contributed by atoms with Gasteiger partial charge in [-0.25, -0.2) is 8.42 Å². The number of halogens is 1. The van der Waals surface area contributed by atoms with E-state index in [-0.39, 0.29) is 23.8 Å². The fraction of sp³-hybridized carbons (Fsp3) is 0.278. The molecule has 0 fully saturated rings. The van der Waals surface area contributed by atoms with Gasteiger partial charge in [-0.05, 0) is 79.9 Å². The first-order valence-corrected chi connectivity index (χ1v) is 17.1. The van der Waals surface area contributed by atoms with Crippen molar-refractivity contribution in [2.75, 3.05) is 24.0 Å². The summed E-state index contributed by atoms with van der Waals surface area (Å²) in [5.41, 5.74) is 2.80. The molecule has 0 aliphatic carbocycles. The molecule has 0 bridgehead atoms. The number of ether oxygens (including phenoxy) is 1. The molecule has 1 atom stereocenters. The second-order valence-electron chi connectivity index (χ2n) is 10.9. The first kappa shape index (κ1) is 34.5. The van der Waals surface area contributed by atoms with E-state index in [9.17, 15) is 18.0 Å². The highest BCUT2D eigenvalue weighted by atomic mass is 35.5. The van der Waals surface area contributed by atoms with Crippen molar-refractivity contribution >= 4 is 39.1 Å². The highest BCUT2D eigenvalue weighted by Crippen LogP contribution is 2.27. The van der Waals surface area contributed by atoms with E-state index in [2.05, 4.69) is 5.32 Å². The van der Waals surface area contributed by atoms with Crippen molar-refractivity contribution in [1.82, 2.24) is 10.2 Å². The minimum Gasteiger partial charge on any atom is -0.494 e. The normalized spacial score (nSPS) is 11.8. The van der Waals surface area contributed by atoms with Crippen LogP contribution >= 0.6 is 11.6 Å². The number of aryl methyl sites for hydroxylation is 1. The Labute approximate surface area is 277 Å². The molecule has 10 heteroatoms. The molecule has 242 valence electrons. The maximum absolute atomic E-state index is 14.5. The molecule has 0 radical (unpaired) electrons. The Kier molecular flexibility index (Phi) is 12.2. The highest BCUT2D eigenvalue weighted by molar-refractivity contribution is 7.92. The monoisotopic (exact) mass is 661 g/mol. The highest BCUT2D eigenvalue weighted by Gasteiger charge is 2.34. The van der Waals surface area contributed by atoms with Gasteiger partial charge in [0, 0.05) is 24.5 Å². The molecule has 4 aromatic rings. The molecule has 0 unspecified atom stereocenters. The minimum atomic E-state index is -4.20. The van der Waals surface area contributed by atoms with Crippen LogP contribution in [0.5, 0.6) is 5.75 Å². The lowest BCUT2D eigenvalue weighted by Gasteiger charge is -2.34. The van der Waals surface area contributed by atoms with Gasteiger partial charge in [-0.15, -0.1) is 0 Å². The molecule has 0 aliphatic rings. The van der Waals surface area contributed by atoms with Crippen molar-refractivity contribution in [3.8, 4) is 5.75 Å². The first-order chi connectivity index (χ1) is 22.1. The summed E-state index contributed by atoms with van der Waals surface area (Å²) in [5, 5.41) is 3.48. The Hall–Kier alpha value is -4.34. The molecular weight excluding hydrogens is 622 g/mol. The van der Waals surface area contributed by atoms with Crippen LogP contribution in [-0.2, 0) is 32.6 Å². The van der Waals surface area contributed by atoms with E-state index < -0.39 is 28.5 Å². The second-order valence-corrected chi connectivity index (χ2v) is 13.2. The van der Waals surface area contributed by atoms with Gasteiger partial charge in [-0.2, -0.15) is 0 Å². The number of amides is 2. The lowest BCUT2D eigenvalue weighted by molar-refractivity contribution is -0.140. The number of benzene rings is 4. The maximum atomic E-state index is 14.5. The number of anilines is 1. The largest absolute Gasteiger partial charge is 0.494 e. The van der Waals surface area contributed by atoms with Crippen LogP contribution in [0, 0.1) is 6.92 Å². The number of hydrogen-bond donors (Lipinski definition) is 1. The van der Waals surface area contributed by atoms with Gasteiger partial charge in [-0.3, -0.25) is 13.9 Å². The van der Waals surface area contributed by atoms with Gasteiger partial charge < -0.3 is 15.0 Å². The van der Waals surface area contributed by atoms with Crippen molar-refractivity contribution in [1.29, 1.82) is 0 Å². The fourth-order valence-electron chi connectivity index (χ4n) is 4.95. The standard InChI is InChI=1S/C36H40ClN3O5S/c1-4-23-38-36(42)34(24-28-9-7-6-8-10-28)39(25-29-13-15-30(37)16-14-29)35(41)26-40(31-17-19-32(20-18-31)45-5-2)46(43,44)33-21-11-27(3)12-22-33/h6-22,34H,4-5,23-26H2,1-3H3,(H,38,42)/t34-/m1/s1. The van der Waals surface area contributed by atoms with Gasteiger partial charge >= 0.3 is 0 Å². The van der Waals surface area contributed by atoms with Crippen molar-refractivity contribution < 1.29 is 22.7 Å². The van der Waals surface area contributed by atoms with Crippen LogP contribution in [0.25, 0.3) is 0 Å². The Balaban J connectivity index is 1.79. The second kappa shape index (κ2) is 16.3. The summed E-state index contributed by atoms with van der Waals surface area (Å²) < 4.78 is 35.0. The molecule has 2 amide bonds. The molecule has 1 N–H and O–H groups in total. The van der Waals surface area contributed by atoms with Crippen LogP contribution in [0.2, 0.25) is 5.02 Å². The maximum Gasteiger partial charge on any atom is 0.264 e. The third-order valence-electron chi connectivity index (χ3n) is 7.41. The number of carbonyl (C=O) groups excluding carboxylic acids is 2. The van der Waals surface area contributed by atoms with Crippen LogP contribution in [0.1, 0.15) is 37.0 Å². The molecule has 0 aliphatic heterocycles. The average Bonchev–Trinajstić information content (AvgIpc) is 3.06. The summed E-state index contributed by atoms with van der Waals surface area (Å²) in [7, 11) is -4.20. The summed E-state index contributed by atoms with van der Waals surface area (Å²) in [6.45, 7) is 6.10. The third-order valence-corrected chi connectivity index (χ3v) is 9.45. The molecule has 4 rings (SSSR count). The Morgan fingerprint density at radius 1 is 0.848 bits per heavy atom. The summed E-state index contributed by atoms with van der Waals surface area (Å²) in [6.07, 6.45) is 0.957. The number of carbonyl (C=O) groups is 2. The lowest BCUT2D eigenvalue weighted by atomic mass is 10.0. The van der Waals surface area contributed by atoms with Gasteiger partial charge in [-0.1, -0.05) is 78.7 Å². The number of nitrogens with one attached hydrogen (secondary N) is 1. The zero-order chi connectivity index (χ0) is 33.1. The van der Waals surface area contributed by atoms with E-state index in [0.717, 1.165) is 27.4 Å². The van der Waals surface area contributed by atoms with Crippen molar-refractivity contribution in [2.45, 2.75) is 51.1 Å². The Morgan fingerprint density at radius 2 is 1.50 bits per heavy atom. The van der Waals surface area contributed by atoms with Crippen LogP contribution in [0.4, 0.5) is 5.69 Å².